The number of hydrogen-bond donors (Lipinski definition) is 0. The summed E-state index contributed by atoms with van der Waals surface area (Å²) in [4.78, 5) is 38.9. The molecule has 0 amide bonds. The first-order chi connectivity index (χ1) is 56.2. The van der Waals surface area contributed by atoms with Crippen LogP contribution in [0, 0.1) is 0 Å². The molecule has 0 atom stereocenters. The molecule has 12 aromatic carbocycles. The van der Waals surface area contributed by atoms with Gasteiger partial charge in [0.05, 0.1) is 83.8 Å². The maximum absolute atomic E-state index is 5.02. The summed E-state index contributed by atoms with van der Waals surface area (Å²) in [6.45, 7) is 0. The summed E-state index contributed by atoms with van der Waals surface area (Å²) in [5, 5.41) is 3.39. The lowest BCUT2D eigenvalue weighted by Crippen LogP contribution is -1.97. The van der Waals surface area contributed by atoms with Crippen LogP contribution in [0.15, 0.2) is 402 Å². The topological polar surface area (TPSA) is 118 Å². The molecule has 0 unspecified atom stereocenters. The summed E-state index contributed by atoms with van der Waals surface area (Å²) in [6, 6.07) is 127. The van der Waals surface area contributed by atoms with Gasteiger partial charge in [-0.3, -0.25) is 15.0 Å². The Bertz CT molecular complexity index is 6240. The molecule has 21 rings (SSSR count). The first kappa shape index (κ1) is 70.6. The van der Waals surface area contributed by atoms with E-state index in [0.717, 1.165) is 186 Å². The quantitative estimate of drug-likeness (QED) is 0.119. The zero-order chi connectivity index (χ0) is 76.4. The fourth-order valence-electron chi connectivity index (χ4n) is 15.0. The van der Waals surface area contributed by atoms with Crippen LogP contribution >= 0.6 is 47.8 Å². The number of benzene rings is 12. The van der Waals surface area contributed by atoms with Crippen LogP contribution in [-0.2, 0) is 0 Å². The molecule has 0 fully saturated rings. The van der Waals surface area contributed by atoms with E-state index in [9.17, 15) is 0 Å². The van der Waals surface area contributed by atoms with Crippen molar-refractivity contribution in [3.63, 3.8) is 0 Å². The van der Waals surface area contributed by atoms with Gasteiger partial charge < -0.3 is 13.7 Å². The van der Waals surface area contributed by atoms with E-state index >= 15 is 0 Å². The van der Waals surface area contributed by atoms with E-state index < -0.39 is 0 Å². The molecule has 9 heterocycles. The molecular formula is C100H64Br3N11. The third-order valence-electron chi connectivity index (χ3n) is 20.4. The minimum Gasteiger partial charge on any atom is -0.308 e. The van der Waals surface area contributed by atoms with E-state index in [1.165, 1.54) is 0 Å². The fraction of sp³-hybridized carbons (Fsp3) is 0. The number of aromatic nitrogens is 11. The highest BCUT2D eigenvalue weighted by Crippen LogP contribution is 2.40. The predicted octanol–water partition coefficient (Wildman–Crippen LogP) is 26.8. The Balaban J connectivity index is 0.000000115. The van der Waals surface area contributed by atoms with Crippen LogP contribution in [0.5, 0.6) is 0 Å². The lowest BCUT2D eigenvalue weighted by molar-refractivity contribution is 1.16. The van der Waals surface area contributed by atoms with Crippen LogP contribution in [0.1, 0.15) is 0 Å². The van der Waals surface area contributed by atoms with Crippen molar-refractivity contribution in [2.75, 3.05) is 0 Å². The first-order valence-electron chi connectivity index (χ1n) is 37.3. The maximum Gasteiger partial charge on any atom is 0.160 e. The van der Waals surface area contributed by atoms with Crippen molar-refractivity contribution < 1.29 is 0 Å². The molecule has 14 heteroatoms. The van der Waals surface area contributed by atoms with Crippen LogP contribution in [-0.4, -0.2) is 53.6 Å². The van der Waals surface area contributed by atoms with Gasteiger partial charge in [-0.15, -0.1) is 0 Å². The van der Waals surface area contributed by atoms with Crippen molar-refractivity contribution in [3.8, 4) is 119 Å². The van der Waals surface area contributed by atoms with Gasteiger partial charge in [-0.1, -0.05) is 254 Å². The second-order valence-electron chi connectivity index (χ2n) is 27.5. The molecule has 11 nitrogen and oxygen atoms in total. The zero-order valence-corrected chi connectivity index (χ0v) is 65.8. The fourth-order valence-corrected chi connectivity index (χ4v) is 16.0. The Morgan fingerprint density at radius 3 is 0.746 bits per heavy atom. The Morgan fingerprint density at radius 2 is 0.439 bits per heavy atom. The minimum absolute atomic E-state index is 0.698. The molecular weight excluding hydrogens is 1590 g/mol. The molecule has 21 aromatic rings. The van der Waals surface area contributed by atoms with E-state index in [-0.39, 0.29) is 0 Å². The van der Waals surface area contributed by atoms with E-state index in [0.29, 0.717) is 11.6 Å². The van der Waals surface area contributed by atoms with Crippen molar-refractivity contribution in [2.45, 2.75) is 0 Å². The number of nitrogens with zero attached hydrogens (tertiary/aromatic N) is 11. The molecule has 0 spiro atoms. The highest BCUT2D eigenvalue weighted by Gasteiger charge is 2.20. The van der Waals surface area contributed by atoms with Gasteiger partial charge >= 0.3 is 0 Å². The van der Waals surface area contributed by atoms with Crippen molar-refractivity contribution in [1.82, 2.24) is 53.6 Å². The second kappa shape index (κ2) is 31.2. The average molecular weight is 1660 g/mol. The van der Waals surface area contributed by atoms with Crippen LogP contribution in [0.2, 0.25) is 0 Å². The maximum atomic E-state index is 5.02. The van der Waals surface area contributed by atoms with Gasteiger partial charge in [0.1, 0.15) is 0 Å². The Morgan fingerprint density at radius 1 is 0.184 bits per heavy atom. The number of fused-ring (bicyclic) bond motifs is 9. The summed E-state index contributed by atoms with van der Waals surface area (Å²) in [5.74, 6) is 1.41. The van der Waals surface area contributed by atoms with E-state index in [1.807, 2.05) is 134 Å². The van der Waals surface area contributed by atoms with Crippen molar-refractivity contribution in [1.29, 1.82) is 0 Å². The Labute approximate surface area is 682 Å². The van der Waals surface area contributed by atoms with Crippen LogP contribution in [0.4, 0.5) is 0 Å². The molecule has 9 aromatic heterocycles. The largest absolute Gasteiger partial charge is 0.308 e. The van der Waals surface area contributed by atoms with E-state index in [4.69, 9.17) is 24.9 Å². The van der Waals surface area contributed by atoms with Gasteiger partial charge in [0.25, 0.3) is 0 Å². The number of halogens is 3. The Kier molecular flexibility index (Phi) is 19.3. The summed E-state index contributed by atoms with van der Waals surface area (Å²) in [6.07, 6.45) is 5.55. The highest BCUT2D eigenvalue weighted by atomic mass is 79.9. The normalized spacial score (nSPS) is 11.3. The molecule has 540 valence electrons. The first-order valence-corrected chi connectivity index (χ1v) is 39.7. The van der Waals surface area contributed by atoms with Gasteiger partial charge in [0, 0.05) is 110 Å². The van der Waals surface area contributed by atoms with Crippen LogP contribution in [0.25, 0.3) is 184 Å². The van der Waals surface area contributed by atoms with Gasteiger partial charge in [-0.2, -0.15) is 0 Å². The lowest BCUT2D eigenvalue weighted by Gasteiger charge is -2.12. The SMILES string of the molecule is Brc1ccc2c3ncccc3n(-c3ccc(-c4cc(-c5ccccc5)nc(-c5ccccc5)c4)cc3)c2c1.Brc1ccc2c3ncccc3n(-c3ccc(-c4cc(-c5ccccc5)nc(-c5ccccc5)n4)cc3)c2c1.Brc1ccc2c3ncccc3n(-c3ccc(-c4nc(-c5ccccc5)cc(-c5ccccc5)n4)cc3)c2c1. The van der Waals surface area contributed by atoms with Crippen molar-refractivity contribution in [3.05, 3.63) is 402 Å². The molecule has 0 aliphatic rings. The summed E-state index contributed by atoms with van der Waals surface area (Å²) in [7, 11) is 0. The highest BCUT2D eigenvalue weighted by molar-refractivity contribution is 9.11. The third-order valence-corrected chi connectivity index (χ3v) is 21.9. The Hall–Kier alpha value is -13.8. The zero-order valence-electron chi connectivity index (χ0n) is 61.0. The van der Waals surface area contributed by atoms with Gasteiger partial charge in [0.15, 0.2) is 11.6 Å². The average Bonchev–Trinajstić information content (AvgIpc) is 1.60. The standard InChI is InChI=1S/C34H22BrN3.2C33H21BrN4/c35-27-15-18-29-33(22-27)38(32-12-7-19-36-34(29)32)28-16-13-23(14-17-28)26-20-30(24-8-3-1-4-9-24)37-31(21-26)25-10-5-2-6-11-25;34-25-15-18-27-31(20-25)38(30-12-7-19-35-32(27)30)26-16-13-23(14-17-26)29-21-28(22-8-3-1-4-9-22)36-33(37-29)24-10-5-2-6-11-24;34-25-15-18-27-31(20-25)38(30-12-7-19-35-32(27)30)26-16-13-24(14-17-26)33-36-28(22-8-3-1-4-9-22)21-29(37-33)23-10-5-2-6-11-23/h1-22H;2*1-21H. The third kappa shape index (κ3) is 14.1. The van der Waals surface area contributed by atoms with Crippen LogP contribution < -0.4 is 0 Å². The molecule has 114 heavy (non-hydrogen) atoms. The molecule has 0 radical (unpaired) electrons. The number of rotatable bonds is 12. The smallest absolute Gasteiger partial charge is 0.160 e. The number of pyridine rings is 4. The van der Waals surface area contributed by atoms with E-state index in [2.05, 4.69) is 331 Å². The van der Waals surface area contributed by atoms with Crippen molar-refractivity contribution >= 4 is 114 Å². The van der Waals surface area contributed by atoms with Crippen molar-refractivity contribution in [2.24, 2.45) is 0 Å². The molecule has 0 saturated carbocycles. The summed E-state index contributed by atoms with van der Waals surface area (Å²) in [5.41, 5.74) is 29.0. The van der Waals surface area contributed by atoms with Gasteiger partial charge in [-0.05, 0) is 175 Å². The summed E-state index contributed by atoms with van der Waals surface area (Å²) >= 11 is 10.9. The van der Waals surface area contributed by atoms with Gasteiger partial charge in [0.2, 0.25) is 0 Å². The second-order valence-corrected chi connectivity index (χ2v) is 30.2. The predicted molar refractivity (Wildman–Crippen MR) is 477 cm³/mol. The lowest BCUT2D eigenvalue weighted by atomic mass is 10.00. The number of hydrogen-bond acceptors (Lipinski definition) is 8. The van der Waals surface area contributed by atoms with E-state index in [1.54, 1.807) is 0 Å². The van der Waals surface area contributed by atoms with Crippen LogP contribution in [0.3, 0.4) is 0 Å². The summed E-state index contributed by atoms with van der Waals surface area (Å²) < 4.78 is 9.91. The molecule has 0 saturated heterocycles. The molecule has 0 aliphatic carbocycles. The minimum atomic E-state index is 0.698. The van der Waals surface area contributed by atoms with Gasteiger partial charge in [-0.25, -0.2) is 24.9 Å². The molecule has 0 bridgehead atoms. The molecule has 0 aliphatic heterocycles. The monoisotopic (exact) mass is 1660 g/mol. The molecule has 0 N–H and O–H groups in total.